The number of carbonyl (C=O) groups excluding carboxylic acids is 1. The molecule has 0 aromatic carbocycles. The molecule has 1 heterocycles. The molecule has 1 rings (SSSR count). The van der Waals surface area contributed by atoms with Crippen molar-refractivity contribution >= 4 is 21.9 Å². The fourth-order valence-corrected chi connectivity index (χ4v) is 3.63. The number of carboxylic acid groups (broad SMARTS) is 1. The van der Waals surface area contributed by atoms with Crippen LogP contribution in [0.4, 0.5) is 0 Å². The first-order chi connectivity index (χ1) is 9.27. The highest BCUT2D eigenvalue weighted by Gasteiger charge is 2.29. The van der Waals surface area contributed by atoms with Gasteiger partial charge in [-0.15, -0.1) is 0 Å². The lowest BCUT2D eigenvalue weighted by atomic mass is 9.99. The van der Waals surface area contributed by atoms with Gasteiger partial charge in [0, 0.05) is 19.5 Å². The molecule has 0 bridgehead atoms. The number of carbonyl (C=O) groups is 2. The Bertz CT molecular complexity index is 462. The second kappa shape index (κ2) is 7.03. The maximum absolute atomic E-state index is 11.8. The van der Waals surface area contributed by atoms with E-state index in [-0.39, 0.29) is 24.6 Å². The Labute approximate surface area is 119 Å². The van der Waals surface area contributed by atoms with Gasteiger partial charge in [0.25, 0.3) is 0 Å². The Morgan fingerprint density at radius 3 is 2.50 bits per heavy atom. The van der Waals surface area contributed by atoms with Crippen LogP contribution < -0.4 is 5.32 Å². The van der Waals surface area contributed by atoms with Crippen molar-refractivity contribution < 1.29 is 23.1 Å². The highest BCUT2D eigenvalue weighted by molar-refractivity contribution is 7.89. The van der Waals surface area contributed by atoms with E-state index in [0.29, 0.717) is 19.4 Å². The minimum absolute atomic E-state index is 0.0144. The lowest BCUT2D eigenvalue weighted by Crippen LogP contribution is -2.45. The van der Waals surface area contributed by atoms with Crippen LogP contribution in [0.2, 0.25) is 0 Å². The summed E-state index contributed by atoms with van der Waals surface area (Å²) >= 11 is 0. The molecule has 2 unspecified atom stereocenters. The molecule has 0 aliphatic carbocycles. The van der Waals surface area contributed by atoms with Gasteiger partial charge in [0.2, 0.25) is 15.9 Å². The molecule has 1 saturated heterocycles. The van der Waals surface area contributed by atoms with Gasteiger partial charge in [0.05, 0.1) is 5.75 Å². The third-order valence-electron chi connectivity index (χ3n) is 3.59. The van der Waals surface area contributed by atoms with Crippen LogP contribution in [0.25, 0.3) is 0 Å². The number of nitrogens with one attached hydrogen (secondary N) is 1. The molecule has 8 heteroatoms. The maximum atomic E-state index is 11.8. The Hall–Kier alpha value is -1.15. The second-order valence-electron chi connectivity index (χ2n) is 5.09. The summed E-state index contributed by atoms with van der Waals surface area (Å²) < 4.78 is 24.4. The van der Waals surface area contributed by atoms with Crippen molar-refractivity contribution in [1.29, 1.82) is 0 Å². The highest BCUT2D eigenvalue weighted by atomic mass is 32.2. The van der Waals surface area contributed by atoms with Crippen molar-refractivity contribution in [3.05, 3.63) is 0 Å². The minimum atomic E-state index is -3.21. The molecule has 1 aliphatic rings. The summed E-state index contributed by atoms with van der Waals surface area (Å²) in [5.74, 6) is -1.55. The summed E-state index contributed by atoms with van der Waals surface area (Å²) in [7, 11) is -3.21. The van der Waals surface area contributed by atoms with Gasteiger partial charge in [-0.3, -0.25) is 4.79 Å². The summed E-state index contributed by atoms with van der Waals surface area (Å²) in [6, 6.07) is -0.928. The van der Waals surface area contributed by atoms with Gasteiger partial charge in [-0.05, 0) is 12.3 Å². The lowest BCUT2D eigenvalue weighted by Gasteiger charge is -2.21. The van der Waals surface area contributed by atoms with Gasteiger partial charge in [0.15, 0.2) is 0 Å². The Kier molecular flexibility index (Phi) is 5.94. The van der Waals surface area contributed by atoms with E-state index in [1.807, 2.05) is 6.92 Å². The van der Waals surface area contributed by atoms with E-state index in [1.165, 1.54) is 4.31 Å². The molecule has 0 aromatic heterocycles. The topological polar surface area (TPSA) is 104 Å². The minimum Gasteiger partial charge on any atom is -0.480 e. The van der Waals surface area contributed by atoms with Crippen LogP contribution in [-0.4, -0.2) is 54.6 Å². The number of aliphatic carboxylic acids is 1. The number of carboxylic acids is 1. The van der Waals surface area contributed by atoms with Crippen LogP contribution >= 0.6 is 0 Å². The molecule has 0 saturated carbocycles. The van der Waals surface area contributed by atoms with E-state index in [1.54, 1.807) is 6.92 Å². The number of amides is 1. The molecule has 2 atom stereocenters. The van der Waals surface area contributed by atoms with Crippen LogP contribution in [0.3, 0.4) is 0 Å². The van der Waals surface area contributed by atoms with Gasteiger partial charge in [-0.1, -0.05) is 20.3 Å². The SMILES string of the molecule is CCC(C)C(NC(=O)CCN1CCCS1(=O)=O)C(=O)O. The number of hydrogen-bond donors (Lipinski definition) is 2. The first kappa shape index (κ1) is 16.9. The molecule has 20 heavy (non-hydrogen) atoms. The molecular formula is C12H22N2O5S. The number of nitrogens with zero attached hydrogens (tertiary/aromatic N) is 1. The normalized spacial score (nSPS) is 21.3. The van der Waals surface area contributed by atoms with Crippen LogP contribution in [-0.2, 0) is 19.6 Å². The Balaban J connectivity index is 2.48. The monoisotopic (exact) mass is 306 g/mol. The predicted molar refractivity (Wildman–Crippen MR) is 73.6 cm³/mol. The Morgan fingerprint density at radius 1 is 1.40 bits per heavy atom. The third-order valence-corrected chi connectivity index (χ3v) is 5.54. The molecule has 1 amide bonds. The molecular weight excluding hydrogens is 284 g/mol. The van der Waals surface area contributed by atoms with E-state index in [4.69, 9.17) is 5.11 Å². The molecule has 0 radical (unpaired) electrons. The lowest BCUT2D eigenvalue weighted by molar-refractivity contribution is -0.143. The zero-order chi connectivity index (χ0) is 15.3. The van der Waals surface area contributed by atoms with E-state index >= 15 is 0 Å². The van der Waals surface area contributed by atoms with E-state index in [2.05, 4.69) is 5.32 Å². The fraction of sp³-hybridized carbons (Fsp3) is 0.833. The smallest absolute Gasteiger partial charge is 0.326 e. The van der Waals surface area contributed by atoms with Gasteiger partial charge in [0.1, 0.15) is 6.04 Å². The van der Waals surface area contributed by atoms with Gasteiger partial charge in [-0.2, -0.15) is 0 Å². The fourth-order valence-electron chi connectivity index (χ4n) is 2.10. The van der Waals surface area contributed by atoms with Gasteiger partial charge < -0.3 is 10.4 Å². The quantitative estimate of drug-likeness (QED) is 0.690. The third kappa shape index (κ3) is 4.45. The van der Waals surface area contributed by atoms with E-state index in [0.717, 1.165) is 0 Å². The van der Waals surface area contributed by atoms with Gasteiger partial charge in [-0.25, -0.2) is 17.5 Å². The van der Waals surface area contributed by atoms with Crippen molar-refractivity contribution in [3.8, 4) is 0 Å². The second-order valence-corrected chi connectivity index (χ2v) is 7.18. The van der Waals surface area contributed by atoms with Crippen LogP contribution in [0.15, 0.2) is 0 Å². The van der Waals surface area contributed by atoms with E-state index < -0.39 is 27.9 Å². The summed E-state index contributed by atoms with van der Waals surface area (Å²) in [6.07, 6.45) is 1.20. The first-order valence-electron chi connectivity index (χ1n) is 6.78. The van der Waals surface area contributed by atoms with Crippen molar-refractivity contribution in [2.45, 2.75) is 39.2 Å². The average Bonchev–Trinajstić information content (AvgIpc) is 2.71. The van der Waals surface area contributed by atoms with Crippen LogP contribution in [0.1, 0.15) is 33.1 Å². The van der Waals surface area contributed by atoms with Crippen molar-refractivity contribution in [1.82, 2.24) is 9.62 Å². The Morgan fingerprint density at radius 2 is 2.05 bits per heavy atom. The molecule has 1 fully saturated rings. The molecule has 0 aromatic rings. The highest BCUT2D eigenvalue weighted by Crippen LogP contribution is 2.13. The average molecular weight is 306 g/mol. The molecule has 0 spiro atoms. The van der Waals surface area contributed by atoms with Crippen molar-refractivity contribution in [2.75, 3.05) is 18.8 Å². The van der Waals surface area contributed by atoms with Gasteiger partial charge >= 0.3 is 5.97 Å². The summed E-state index contributed by atoms with van der Waals surface area (Å²) in [5.41, 5.74) is 0. The summed E-state index contributed by atoms with van der Waals surface area (Å²) in [5, 5.41) is 11.5. The number of sulfonamides is 1. The molecule has 1 aliphatic heterocycles. The summed E-state index contributed by atoms with van der Waals surface area (Å²) in [4.78, 5) is 22.8. The zero-order valence-electron chi connectivity index (χ0n) is 11.8. The standard InChI is InChI=1S/C12H22N2O5S/c1-3-9(2)11(12(16)17)13-10(15)5-7-14-6-4-8-20(14,18)19/h9,11H,3-8H2,1-2H3,(H,13,15)(H,16,17). The summed E-state index contributed by atoms with van der Waals surface area (Å²) in [6.45, 7) is 4.15. The largest absolute Gasteiger partial charge is 0.480 e. The van der Waals surface area contributed by atoms with Crippen molar-refractivity contribution in [3.63, 3.8) is 0 Å². The zero-order valence-corrected chi connectivity index (χ0v) is 12.6. The van der Waals surface area contributed by atoms with Crippen molar-refractivity contribution in [2.24, 2.45) is 5.92 Å². The van der Waals surface area contributed by atoms with Crippen LogP contribution in [0.5, 0.6) is 0 Å². The molecule has 7 nitrogen and oxygen atoms in total. The first-order valence-corrected chi connectivity index (χ1v) is 8.39. The number of hydrogen-bond acceptors (Lipinski definition) is 4. The van der Waals surface area contributed by atoms with Crippen LogP contribution in [0, 0.1) is 5.92 Å². The maximum Gasteiger partial charge on any atom is 0.326 e. The van der Waals surface area contributed by atoms with E-state index in [9.17, 15) is 18.0 Å². The number of rotatable bonds is 7. The molecule has 2 N–H and O–H groups in total. The predicted octanol–water partition coefficient (Wildman–Crippen LogP) is 0.0275. The molecule has 116 valence electrons.